The van der Waals surface area contributed by atoms with Crippen LogP contribution < -0.4 is 11.3 Å². The number of aromatic nitrogens is 1. The lowest BCUT2D eigenvalue weighted by atomic mass is 9.78. The Morgan fingerprint density at radius 1 is 1.33 bits per heavy atom. The Bertz CT molecular complexity index is 516. The zero-order chi connectivity index (χ0) is 15.7. The van der Waals surface area contributed by atoms with E-state index in [0.29, 0.717) is 11.6 Å². The van der Waals surface area contributed by atoms with Crippen molar-refractivity contribution < 1.29 is 9.31 Å². The summed E-state index contributed by atoms with van der Waals surface area (Å²) < 4.78 is 12.1. The molecule has 3 N–H and O–H groups in total. The van der Waals surface area contributed by atoms with Crippen LogP contribution in [0.25, 0.3) is 6.08 Å². The van der Waals surface area contributed by atoms with Crippen LogP contribution in [-0.2, 0) is 9.31 Å². The Hall–Kier alpha value is -1.02. The maximum absolute atomic E-state index is 6.04. The van der Waals surface area contributed by atoms with Gasteiger partial charge >= 0.3 is 7.12 Å². The molecular weight excluding hydrogens is 285 g/mol. The number of thiol groups is 1. The lowest BCUT2D eigenvalue weighted by molar-refractivity contribution is 0.00578. The third-order valence-corrected chi connectivity index (χ3v) is 4.39. The number of hydrogen-bond acceptors (Lipinski definition) is 6. The Kier molecular flexibility index (Phi) is 4.68. The smallest absolute Gasteiger partial charge is 0.400 e. The van der Waals surface area contributed by atoms with E-state index in [1.54, 1.807) is 6.20 Å². The van der Waals surface area contributed by atoms with E-state index in [1.807, 2.05) is 45.9 Å². The highest BCUT2D eigenvalue weighted by molar-refractivity contribution is 7.80. The lowest BCUT2D eigenvalue weighted by Gasteiger charge is -2.32. The summed E-state index contributed by atoms with van der Waals surface area (Å²) >= 11 is 4.39. The van der Waals surface area contributed by atoms with E-state index >= 15 is 0 Å². The molecule has 0 atom stereocenters. The molecule has 5 nitrogen and oxygen atoms in total. The Morgan fingerprint density at radius 3 is 2.38 bits per heavy atom. The highest BCUT2D eigenvalue weighted by Gasteiger charge is 2.52. The molecule has 21 heavy (non-hydrogen) atoms. The molecule has 1 saturated heterocycles. The van der Waals surface area contributed by atoms with Gasteiger partial charge in [0.1, 0.15) is 5.82 Å². The number of nitrogens with zero attached hydrogens (tertiary/aromatic N) is 1. The number of nitrogens with two attached hydrogens (primary N) is 1. The fraction of sp³-hybridized carbons (Fsp3) is 0.500. The van der Waals surface area contributed by atoms with Crippen molar-refractivity contribution in [2.75, 3.05) is 11.2 Å². The van der Waals surface area contributed by atoms with Crippen molar-refractivity contribution in [3.05, 3.63) is 29.4 Å². The normalized spacial score (nSPS) is 20.7. The van der Waals surface area contributed by atoms with Crippen LogP contribution in [0.2, 0.25) is 0 Å². The van der Waals surface area contributed by atoms with Gasteiger partial charge in [-0.05, 0) is 50.9 Å². The molecule has 2 rings (SSSR count). The van der Waals surface area contributed by atoms with Crippen molar-refractivity contribution in [2.24, 2.45) is 5.84 Å². The van der Waals surface area contributed by atoms with Crippen LogP contribution in [0, 0.1) is 0 Å². The molecule has 7 heteroatoms. The van der Waals surface area contributed by atoms with Gasteiger partial charge in [-0.3, -0.25) is 0 Å². The summed E-state index contributed by atoms with van der Waals surface area (Å²) in [6.07, 6.45) is 3.73. The molecule has 0 aromatic carbocycles. The highest BCUT2D eigenvalue weighted by atomic mass is 32.1. The quantitative estimate of drug-likeness (QED) is 0.345. The number of nitrogens with one attached hydrogen (secondary N) is 1. The van der Waals surface area contributed by atoms with E-state index < -0.39 is 0 Å². The van der Waals surface area contributed by atoms with Crippen LogP contribution in [0.5, 0.6) is 0 Å². The molecule has 0 radical (unpaired) electrons. The number of hydrogen-bond donors (Lipinski definition) is 3. The minimum atomic E-state index is -0.389. The molecule has 1 aromatic heterocycles. The number of hydrazine groups is 1. The van der Waals surface area contributed by atoms with Gasteiger partial charge in [0, 0.05) is 11.9 Å². The van der Waals surface area contributed by atoms with Crippen LogP contribution >= 0.6 is 12.6 Å². The van der Waals surface area contributed by atoms with E-state index in [9.17, 15) is 0 Å². The summed E-state index contributed by atoms with van der Waals surface area (Å²) in [4.78, 5) is 4.18. The van der Waals surface area contributed by atoms with E-state index in [0.717, 1.165) is 11.0 Å². The minimum absolute atomic E-state index is 0.356. The molecule has 1 aliphatic rings. The summed E-state index contributed by atoms with van der Waals surface area (Å²) in [7, 11) is -0.389. The zero-order valence-electron chi connectivity index (χ0n) is 12.9. The van der Waals surface area contributed by atoms with Gasteiger partial charge in [0.05, 0.1) is 11.2 Å². The molecule has 1 aromatic rings. The van der Waals surface area contributed by atoms with Crippen LogP contribution in [0.1, 0.15) is 33.3 Å². The van der Waals surface area contributed by atoms with Gasteiger partial charge in [-0.1, -0.05) is 6.08 Å². The Balaban J connectivity index is 2.22. The minimum Gasteiger partial charge on any atom is -0.400 e. The van der Waals surface area contributed by atoms with Gasteiger partial charge in [-0.25, -0.2) is 10.8 Å². The standard InChI is InChI=1S/C14H22BN3O2S/c1-13(2)14(3,4)20-15(19-13)11(9-21)7-10-5-6-12(18-16)17-8-10/h5-8,21H,9,16H2,1-4H3,(H,17,18). The van der Waals surface area contributed by atoms with Gasteiger partial charge in [0.2, 0.25) is 0 Å². The average molecular weight is 307 g/mol. The maximum atomic E-state index is 6.04. The number of pyridine rings is 1. The van der Waals surface area contributed by atoms with Gasteiger partial charge in [0.15, 0.2) is 0 Å². The fourth-order valence-corrected chi connectivity index (χ4v) is 2.21. The van der Waals surface area contributed by atoms with Crippen molar-refractivity contribution in [3.63, 3.8) is 0 Å². The number of rotatable bonds is 4. The molecule has 114 valence electrons. The van der Waals surface area contributed by atoms with E-state index in [4.69, 9.17) is 15.2 Å². The fourth-order valence-electron chi connectivity index (χ4n) is 1.97. The van der Waals surface area contributed by atoms with Gasteiger partial charge in [-0.2, -0.15) is 12.6 Å². The maximum Gasteiger partial charge on any atom is 0.491 e. The van der Waals surface area contributed by atoms with E-state index in [1.165, 1.54) is 0 Å². The largest absolute Gasteiger partial charge is 0.491 e. The lowest BCUT2D eigenvalue weighted by Crippen LogP contribution is -2.41. The molecular formula is C14H22BN3O2S. The van der Waals surface area contributed by atoms with Crippen LogP contribution in [0.3, 0.4) is 0 Å². The molecule has 0 bridgehead atoms. The van der Waals surface area contributed by atoms with Gasteiger partial charge in [0.25, 0.3) is 0 Å². The van der Waals surface area contributed by atoms with E-state index in [-0.39, 0.29) is 18.3 Å². The highest BCUT2D eigenvalue weighted by Crippen LogP contribution is 2.38. The van der Waals surface area contributed by atoms with Crippen molar-refractivity contribution >= 4 is 31.6 Å². The first kappa shape index (κ1) is 16.4. The molecule has 0 unspecified atom stereocenters. The summed E-state index contributed by atoms with van der Waals surface area (Å²) in [6.45, 7) is 8.14. The predicted molar refractivity (Wildman–Crippen MR) is 90.0 cm³/mol. The van der Waals surface area contributed by atoms with Crippen molar-refractivity contribution in [1.82, 2.24) is 4.98 Å². The average Bonchev–Trinajstić information content (AvgIpc) is 2.65. The van der Waals surface area contributed by atoms with Crippen molar-refractivity contribution in [2.45, 2.75) is 38.9 Å². The third kappa shape index (κ3) is 3.43. The van der Waals surface area contributed by atoms with Crippen LogP contribution in [-0.4, -0.2) is 29.1 Å². The van der Waals surface area contributed by atoms with Crippen molar-refractivity contribution in [3.8, 4) is 0 Å². The second-order valence-electron chi connectivity index (χ2n) is 6.09. The molecule has 1 fully saturated rings. The summed E-state index contributed by atoms with van der Waals surface area (Å²) in [5, 5.41) is 0. The predicted octanol–water partition coefficient (Wildman–Crippen LogP) is 2.31. The monoisotopic (exact) mass is 307 g/mol. The molecule has 0 spiro atoms. The second kappa shape index (κ2) is 6.00. The van der Waals surface area contributed by atoms with Crippen molar-refractivity contribution in [1.29, 1.82) is 0 Å². The third-order valence-electron chi connectivity index (χ3n) is 4.02. The zero-order valence-corrected chi connectivity index (χ0v) is 13.8. The first-order chi connectivity index (χ1) is 9.79. The first-order valence-electron chi connectivity index (χ1n) is 6.89. The van der Waals surface area contributed by atoms with Gasteiger partial charge < -0.3 is 14.7 Å². The van der Waals surface area contributed by atoms with Crippen LogP contribution in [0.15, 0.2) is 23.8 Å². The number of nitrogen functional groups attached to an aromatic ring is 1. The van der Waals surface area contributed by atoms with E-state index in [2.05, 4.69) is 23.0 Å². The molecule has 0 amide bonds. The number of anilines is 1. The molecule has 0 aliphatic carbocycles. The Morgan fingerprint density at radius 2 is 1.95 bits per heavy atom. The molecule has 2 heterocycles. The summed E-state index contributed by atoms with van der Waals surface area (Å²) in [5.41, 5.74) is 3.71. The first-order valence-corrected chi connectivity index (χ1v) is 7.52. The topological polar surface area (TPSA) is 69.4 Å². The summed E-state index contributed by atoms with van der Waals surface area (Å²) in [6, 6.07) is 3.74. The van der Waals surface area contributed by atoms with Gasteiger partial charge in [-0.15, -0.1) is 0 Å². The summed E-state index contributed by atoms with van der Waals surface area (Å²) in [5.74, 6) is 6.48. The Labute approximate surface area is 131 Å². The second-order valence-corrected chi connectivity index (χ2v) is 6.40. The van der Waals surface area contributed by atoms with Crippen LogP contribution in [0.4, 0.5) is 5.82 Å². The molecule has 1 aliphatic heterocycles. The molecule has 0 saturated carbocycles. The SMILES string of the molecule is CC1(C)OB(C(=Cc2ccc(NN)nc2)CS)OC1(C)C.